The topological polar surface area (TPSA) is 3.88 Å². The fourth-order valence-electron chi connectivity index (χ4n) is 9.45. The van der Waals surface area contributed by atoms with Crippen molar-refractivity contribution in [2.45, 2.75) is 116 Å². The van der Waals surface area contributed by atoms with Crippen LogP contribution in [0.4, 0.5) is 0 Å². The maximum absolute atomic E-state index is 2.77. The van der Waals surface area contributed by atoms with Crippen LogP contribution in [-0.4, -0.2) is 5.25 Å². The molecule has 8 atom stereocenters. The van der Waals surface area contributed by atoms with Crippen LogP contribution in [0.15, 0.2) is 41.1 Å². The summed E-state index contributed by atoms with van der Waals surface area (Å²) in [6.45, 7) is 12.8. The number of aromatic nitrogens is 1. The Morgan fingerprint density at radius 2 is 1.83 bits per heavy atom. The van der Waals surface area contributed by atoms with Gasteiger partial charge in [-0.05, 0) is 104 Å². The fraction of sp³-hybridized carbons (Fsp3) is 0.788. The van der Waals surface area contributed by atoms with Gasteiger partial charge in [-0.25, -0.2) is 0 Å². The van der Waals surface area contributed by atoms with E-state index in [2.05, 4.69) is 87.5 Å². The van der Waals surface area contributed by atoms with Crippen molar-refractivity contribution in [2.24, 2.45) is 53.4 Å². The van der Waals surface area contributed by atoms with Crippen molar-refractivity contribution in [3.63, 3.8) is 0 Å². The molecule has 1 aromatic rings. The number of fused-ring (bicyclic) bond motifs is 5. The molecule has 200 valence electrons. The average Bonchev–Trinajstić information content (AvgIpc) is 3.20. The van der Waals surface area contributed by atoms with Gasteiger partial charge in [0.25, 0.3) is 0 Å². The molecule has 3 heteroatoms. The summed E-state index contributed by atoms with van der Waals surface area (Å²) in [5, 5.41) is 2.14. The highest BCUT2D eigenvalue weighted by atomic mass is 33.1. The molecule has 1 nitrogen and oxygen atoms in total. The zero-order chi connectivity index (χ0) is 25.5. The van der Waals surface area contributed by atoms with E-state index in [9.17, 15) is 0 Å². The molecule has 0 bridgehead atoms. The van der Waals surface area contributed by atoms with Crippen LogP contribution < -0.4 is 4.57 Å². The standard InChI is InChI=1S/C33H52NS2/c1-23(2)10-9-11-24(3)28-15-16-29-27-14-13-25-22-26(35-36-31-12-7-8-21-34(31)6)17-19-32(25,4)30(27)18-20-33(28,29)5/h7-8,12-13,21,23-24,26-30H,9-11,14-20,22H2,1-6H3/q+1/t24-,26?,27+,28-,29+,30+,32+,33-/m1/s1. The Hall–Kier alpha value is -0.410. The molecule has 4 aliphatic carbocycles. The van der Waals surface area contributed by atoms with E-state index in [1.54, 1.807) is 0 Å². The smallest absolute Gasteiger partial charge is 0.195 e. The van der Waals surface area contributed by atoms with Gasteiger partial charge in [-0.15, -0.1) is 0 Å². The summed E-state index contributed by atoms with van der Waals surface area (Å²) in [6, 6.07) is 6.55. The quantitative estimate of drug-likeness (QED) is 0.188. The first-order chi connectivity index (χ1) is 17.2. The fourth-order valence-corrected chi connectivity index (χ4v) is 12.2. The molecule has 0 spiro atoms. The maximum atomic E-state index is 2.77. The second-order valence-corrected chi connectivity index (χ2v) is 16.5. The van der Waals surface area contributed by atoms with Gasteiger partial charge < -0.3 is 0 Å². The van der Waals surface area contributed by atoms with Crippen molar-refractivity contribution in [1.82, 2.24) is 0 Å². The highest BCUT2D eigenvalue weighted by molar-refractivity contribution is 8.76. The van der Waals surface area contributed by atoms with Gasteiger partial charge in [0.2, 0.25) is 5.03 Å². The summed E-state index contributed by atoms with van der Waals surface area (Å²) in [5.41, 5.74) is 2.92. The van der Waals surface area contributed by atoms with E-state index in [1.807, 2.05) is 16.4 Å². The molecule has 1 unspecified atom stereocenters. The molecule has 4 aliphatic rings. The Morgan fingerprint density at radius 3 is 2.61 bits per heavy atom. The van der Waals surface area contributed by atoms with Crippen LogP contribution in [0.1, 0.15) is 105 Å². The van der Waals surface area contributed by atoms with Crippen molar-refractivity contribution in [1.29, 1.82) is 0 Å². The SMILES string of the molecule is CC(C)CCC[C@@H](C)[C@H]1CC[C@H]2[C@@H]3CC=C4CC(SSc5cccc[n+]5C)CC[C@]4(C)[C@H]3CC[C@]12C. The number of hydrogen-bond acceptors (Lipinski definition) is 2. The van der Waals surface area contributed by atoms with E-state index >= 15 is 0 Å². The first-order valence-corrected chi connectivity index (χ1v) is 17.4. The third-order valence-corrected chi connectivity index (χ3v) is 14.5. The van der Waals surface area contributed by atoms with Gasteiger partial charge in [0, 0.05) is 28.2 Å². The molecule has 0 amide bonds. The van der Waals surface area contributed by atoms with E-state index < -0.39 is 0 Å². The molecule has 0 radical (unpaired) electrons. The summed E-state index contributed by atoms with van der Waals surface area (Å²) in [7, 11) is 6.29. The monoisotopic (exact) mass is 526 g/mol. The van der Waals surface area contributed by atoms with Crippen LogP contribution in [0.5, 0.6) is 0 Å². The normalized spacial score (nSPS) is 38.8. The molecular formula is C33H52NS2+. The Bertz CT molecular complexity index is 939. The average molecular weight is 527 g/mol. The highest BCUT2D eigenvalue weighted by Gasteiger charge is 2.59. The summed E-state index contributed by atoms with van der Waals surface area (Å²) in [6.07, 6.45) is 20.8. The number of pyridine rings is 1. The van der Waals surface area contributed by atoms with Gasteiger partial charge in [-0.2, -0.15) is 4.57 Å². The lowest BCUT2D eigenvalue weighted by atomic mass is 9.47. The highest BCUT2D eigenvalue weighted by Crippen LogP contribution is 2.67. The minimum Gasteiger partial charge on any atom is -0.195 e. The van der Waals surface area contributed by atoms with Crippen molar-refractivity contribution in [2.75, 3.05) is 0 Å². The molecule has 3 fully saturated rings. The maximum Gasteiger partial charge on any atom is 0.250 e. The van der Waals surface area contributed by atoms with Gasteiger partial charge >= 0.3 is 0 Å². The van der Waals surface area contributed by atoms with Crippen molar-refractivity contribution in [3.05, 3.63) is 36.0 Å². The van der Waals surface area contributed by atoms with Crippen LogP contribution in [0.3, 0.4) is 0 Å². The summed E-state index contributed by atoms with van der Waals surface area (Å²) < 4.78 is 2.26. The van der Waals surface area contributed by atoms with E-state index in [0.29, 0.717) is 10.8 Å². The molecule has 0 aromatic carbocycles. The van der Waals surface area contributed by atoms with Crippen molar-refractivity contribution < 1.29 is 4.57 Å². The van der Waals surface area contributed by atoms with E-state index in [0.717, 1.165) is 40.8 Å². The summed E-state index contributed by atoms with van der Waals surface area (Å²) >= 11 is 0. The molecule has 5 rings (SSSR count). The van der Waals surface area contributed by atoms with Crippen LogP contribution in [0, 0.1) is 46.3 Å². The summed E-state index contributed by atoms with van der Waals surface area (Å²) in [4.78, 5) is 0. The minimum atomic E-state index is 0.477. The number of nitrogens with zero attached hydrogens (tertiary/aromatic N) is 1. The van der Waals surface area contributed by atoms with Gasteiger partial charge in [0.05, 0.1) is 0 Å². The Kier molecular flexibility index (Phi) is 8.29. The predicted octanol–water partition coefficient (Wildman–Crippen LogP) is 9.66. The predicted molar refractivity (Wildman–Crippen MR) is 158 cm³/mol. The number of hydrogen-bond donors (Lipinski definition) is 0. The van der Waals surface area contributed by atoms with E-state index in [1.165, 1.54) is 75.7 Å². The van der Waals surface area contributed by atoms with Crippen LogP contribution in [0.2, 0.25) is 0 Å². The Morgan fingerprint density at radius 1 is 1.00 bits per heavy atom. The lowest BCUT2D eigenvalue weighted by Gasteiger charge is -2.58. The third kappa shape index (κ3) is 5.11. The first kappa shape index (κ1) is 27.2. The molecule has 36 heavy (non-hydrogen) atoms. The number of allylic oxidation sites excluding steroid dienone is 2. The lowest BCUT2D eigenvalue weighted by molar-refractivity contribution is -0.708. The molecule has 1 aromatic heterocycles. The third-order valence-electron chi connectivity index (χ3n) is 11.5. The van der Waals surface area contributed by atoms with Crippen LogP contribution in [0.25, 0.3) is 0 Å². The molecule has 0 aliphatic heterocycles. The van der Waals surface area contributed by atoms with Crippen molar-refractivity contribution in [3.8, 4) is 0 Å². The van der Waals surface area contributed by atoms with Gasteiger partial charge in [0.15, 0.2) is 6.20 Å². The zero-order valence-corrected chi connectivity index (χ0v) is 25.6. The zero-order valence-electron chi connectivity index (χ0n) is 24.0. The Labute approximate surface area is 230 Å². The van der Waals surface area contributed by atoms with E-state index in [-0.39, 0.29) is 0 Å². The van der Waals surface area contributed by atoms with E-state index in [4.69, 9.17) is 0 Å². The van der Waals surface area contributed by atoms with Crippen LogP contribution in [-0.2, 0) is 7.05 Å². The molecular weight excluding hydrogens is 475 g/mol. The molecule has 0 N–H and O–H groups in total. The minimum absolute atomic E-state index is 0.477. The molecule has 0 saturated heterocycles. The Balaban J connectivity index is 1.24. The van der Waals surface area contributed by atoms with Crippen LogP contribution >= 0.6 is 21.6 Å². The van der Waals surface area contributed by atoms with Gasteiger partial charge in [0.1, 0.15) is 7.05 Å². The second-order valence-electron chi connectivity index (χ2n) is 14.0. The largest absolute Gasteiger partial charge is 0.250 e. The number of aryl methyl sites for hydroxylation is 1. The van der Waals surface area contributed by atoms with Crippen molar-refractivity contribution >= 4 is 21.6 Å². The van der Waals surface area contributed by atoms with Gasteiger partial charge in [-0.3, -0.25) is 0 Å². The lowest BCUT2D eigenvalue weighted by Crippen LogP contribution is -2.50. The van der Waals surface area contributed by atoms with Gasteiger partial charge in [-0.1, -0.05) is 76.3 Å². The number of rotatable bonds is 8. The second kappa shape index (κ2) is 11.0. The molecule has 3 saturated carbocycles. The first-order valence-electron chi connectivity index (χ1n) is 15.2. The summed E-state index contributed by atoms with van der Waals surface area (Å²) in [5.74, 6) is 5.61. The molecule has 1 heterocycles.